The third kappa shape index (κ3) is 3.87. The van der Waals surface area contributed by atoms with Gasteiger partial charge in [0.25, 0.3) is 5.91 Å². The Morgan fingerprint density at radius 2 is 1.77 bits per heavy atom. The Bertz CT molecular complexity index is 821. The van der Waals surface area contributed by atoms with Gasteiger partial charge in [-0.3, -0.25) is 14.4 Å². The molecule has 7 nitrogen and oxygen atoms in total. The lowest BCUT2D eigenvalue weighted by molar-refractivity contribution is -0.159. The summed E-state index contributed by atoms with van der Waals surface area (Å²) in [5.74, 6) is -0.645. The van der Waals surface area contributed by atoms with E-state index < -0.39 is 12.1 Å². The number of aromatic amines is 1. The molecule has 1 aliphatic rings. The minimum atomic E-state index is -0.836. The maximum Gasteiger partial charge on any atom is 0.311 e. The molecule has 138 valence electrons. The maximum atomic E-state index is 12.5. The molecule has 0 radical (unpaired) electrons. The van der Waals surface area contributed by atoms with Crippen LogP contribution in [-0.2, 0) is 25.5 Å². The summed E-state index contributed by atoms with van der Waals surface area (Å²) in [6, 6.07) is 7.72. The van der Waals surface area contributed by atoms with Crippen molar-refractivity contribution in [1.29, 1.82) is 0 Å². The van der Waals surface area contributed by atoms with Gasteiger partial charge in [-0.25, -0.2) is 0 Å². The Labute approximate surface area is 151 Å². The molecule has 0 spiro atoms. The second-order valence-electron chi connectivity index (χ2n) is 6.50. The maximum absolute atomic E-state index is 12.5. The molecule has 1 N–H and O–H groups in total. The molecular weight excluding hydrogens is 334 g/mol. The number of carbonyl (C=O) groups excluding carboxylic acids is 3. The van der Waals surface area contributed by atoms with Crippen molar-refractivity contribution < 1.29 is 19.1 Å². The van der Waals surface area contributed by atoms with E-state index in [9.17, 15) is 14.4 Å². The van der Waals surface area contributed by atoms with E-state index in [1.54, 1.807) is 22.9 Å². The van der Waals surface area contributed by atoms with Crippen LogP contribution < -0.4 is 0 Å². The number of amides is 2. The molecular formula is C19H23N3O4. The lowest BCUT2D eigenvalue weighted by Crippen LogP contribution is -2.52. The molecule has 1 fully saturated rings. The summed E-state index contributed by atoms with van der Waals surface area (Å²) in [6.45, 7) is 5.05. The molecule has 1 aliphatic heterocycles. The predicted molar refractivity (Wildman–Crippen MR) is 96.4 cm³/mol. The normalized spacial score (nSPS) is 15.8. The van der Waals surface area contributed by atoms with Crippen molar-refractivity contribution in [2.24, 2.45) is 0 Å². The molecule has 0 unspecified atom stereocenters. The molecule has 1 saturated heterocycles. The highest BCUT2D eigenvalue weighted by atomic mass is 16.5. The minimum absolute atomic E-state index is 0.00954. The Morgan fingerprint density at radius 3 is 2.46 bits per heavy atom. The van der Waals surface area contributed by atoms with Gasteiger partial charge in [-0.1, -0.05) is 18.2 Å². The highest BCUT2D eigenvalue weighted by molar-refractivity contribution is 5.88. The number of esters is 1. The Balaban J connectivity index is 1.54. The minimum Gasteiger partial charge on any atom is -0.452 e. The van der Waals surface area contributed by atoms with E-state index in [1.165, 1.54) is 6.92 Å². The van der Waals surface area contributed by atoms with Crippen molar-refractivity contribution in [2.45, 2.75) is 26.4 Å². The number of benzene rings is 1. The number of para-hydroxylation sites is 1. The van der Waals surface area contributed by atoms with Gasteiger partial charge in [0.2, 0.25) is 5.91 Å². The SMILES string of the molecule is CC(=O)N1CCN(C(=O)[C@@H](C)OC(=O)Cc2c[nH]c3ccccc23)CC1. The van der Waals surface area contributed by atoms with E-state index in [2.05, 4.69) is 4.98 Å². The van der Waals surface area contributed by atoms with Crippen LogP contribution in [0.2, 0.25) is 0 Å². The summed E-state index contributed by atoms with van der Waals surface area (Å²) in [5.41, 5.74) is 1.81. The van der Waals surface area contributed by atoms with E-state index >= 15 is 0 Å². The Kier molecular flexibility index (Phi) is 5.25. The number of nitrogens with zero attached hydrogens (tertiary/aromatic N) is 2. The van der Waals surface area contributed by atoms with E-state index in [4.69, 9.17) is 4.74 Å². The molecule has 0 aliphatic carbocycles. The topological polar surface area (TPSA) is 82.7 Å². The van der Waals surface area contributed by atoms with Gasteiger partial charge in [-0.15, -0.1) is 0 Å². The van der Waals surface area contributed by atoms with Crippen molar-refractivity contribution in [3.05, 3.63) is 36.0 Å². The first-order valence-corrected chi connectivity index (χ1v) is 8.74. The van der Waals surface area contributed by atoms with Gasteiger partial charge in [0.1, 0.15) is 0 Å². The summed E-state index contributed by atoms with van der Waals surface area (Å²) in [4.78, 5) is 42.5. The zero-order valence-corrected chi connectivity index (χ0v) is 15.0. The molecule has 26 heavy (non-hydrogen) atoms. The highest BCUT2D eigenvalue weighted by Crippen LogP contribution is 2.18. The zero-order chi connectivity index (χ0) is 18.7. The van der Waals surface area contributed by atoms with E-state index in [0.717, 1.165) is 16.5 Å². The largest absolute Gasteiger partial charge is 0.452 e. The second kappa shape index (κ2) is 7.59. The second-order valence-corrected chi connectivity index (χ2v) is 6.50. The summed E-state index contributed by atoms with van der Waals surface area (Å²) in [6.07, 6.45) is 1.07. The quantitative estimate of drug-likeness (QED) is 0.837. The third-order valence-electron chi connectivity index (χ3n) is 4.70. The van der Waals surface area contributed by atoms with Crippen LogP contribution in [0.15, 0.2) is 30.5 Å². The first-order chi connectivity index (χ1) is 12.5. The van der Waals surface area contributed by atoms with Crippen molar-refractivity contribution in [3.63, 3.8) is 0 Å². The number of fused-ring (bicyclic) bond motifs is 1. The van der Waals surface area contributed by atoms with Crippen LogP contribution in [0.25, 0.3) is 10.9 Å². The van der Waals surface area contributed by atoms with Crippen molar-refractivity contribution >= 4 is 28.7 Å². The smallest absolute Gasteiger partial charge is 0.311 e. The fourth-order valence-corrected chi connectivity index (χ4v) is 3.22. The van der Waals surface area contributed by atoms with Crippen LogP contribution in [0.1, 0.15) is 19.4 Å². The number of H-pyrrole nitrogens is 1. The lowest BCUT2D eigenvalue weighted by Gasteiger charge is -2.35. The van der Waals surface area contributed by atoms with Gasteiger partial charge in [-0.05, 0) is 18.6 Å². The number of piperazine rings is 1. The van der Waals surface area contributed by atoms with Gasteiger partial charge >= 0.3 is 5.97 Å². The lowest BCUT2D eigenvalue weighted by atomic mass is 10.1. The molecule has 1 atom stereocenters. The van der Waals surface area contributed by atoms with Gasteiger partial charge < -0.3 is 19.5 Å². The van der Waals surface area contributed by atoms with Crippen LogP contribution in [-0.4, -0.2) is 64.9 Å². The average molecular weight is 357 g/mol. The van der Waals surface area contributed by atoms with Gasteiger partial charge in [0.05, 0.1) is 6.42 Å². The molecule has 0 saturated carbocycles. The zero-order valence-electron chi connectivity index (χ0n) is 15.0. The number of ether oxygens (including phenoxy) is 1. The molecule has 1 aromatic carbocycles. The monoisotopic (exact) mass is 357 g/mol. The molecule has 0 bridgehead atoms. The molecule has 7 heteroatoms. The number of aromatic nitrogens is 1. The van der Waals surface area contributed by atoms with Crippen LogP contribution in [0.3, 0.4) is 0 Å². The average Bonchev–Trinajstić information content (AvgIpc) is 3.04. The first kappa shape index (κ1) is 18.0. The summed E-state index contributed by atoms with van der Waals surface area (Å²) in [7, 11) is 0. The van der Waals surface area contributed by atoms with Crippen LogP contribution in [0.4, 0.5) is 0 Å². The molecule has 2 heterocycles. The highest BCUT2D eigenvalue weighted by Gasteiger charge is 2.28. The molecule has 1 aromatic heterocycles. The van der Waals surface area contributed by atoms with Gasteiger partial charge in [-0.2, -0.15) is 0 Å². The number of carbonyl (C=O) groups is 3. The van der Waals surface area contributed by atoms with Crippen molar-refractivity contribution in [3.8, 4) is 0 Å². The molecule has 3 rings (SSSR count). The number of rotatable bonds is 4. The fraction of sp³-hybridized carbons (Fsp3) is 0.421. The Morgan fingerprint density at radius 1 is 1.12 bits per heavy atom. The first-order valence-electron chi connectivity index (χ1n) is 8.74. The van der Waals surface area contributed by atoms with Crippen LogP contribution in [0, 0.1) is 0 Å². The predicted octanol–water partition coefficient (Wildman–Crippen LogP) is 1.33. The molecule has 2 aromatic rings. The van der Waals surface area contributed by atoms with Crippen molar-refractivity contribution in [1.82, 2.24) is 14.8 Å². The van der Waals surface area contributed by atoms with Crippen molar-refractivity contribution in [2.75, 3.05) is 26.2 Å². The van der Waals surface area contributed by atoms with E-state index in [-0.39, 0.29) is 18.2 Å². The standard InChI is InChI=1S/C19H23N3O4/c1-13(19(25)22-9-7-21(8-10-22)14(2)23)26-18(24)11-15-12-20-17-6-4-3-5-16(15)17/h3-6,12-13,20H,7-11H2,1-2H3/t13-/m1/s1. The third-order valence-corrected chi connectivity index (χ3v) is 4.70. The van der Waals surface area contributed by atoms with Gasteiger partial charge in [0.15, 0.2) is 6.10 Å². The van der Waals surface area contributed by atoms with Crippen LogP contribution in [0.5, 0.6) is 0 Å². The summed E-state index contributed by atoms with van der Waals surface area (Å²) in [5, 5.41) is 0.976. The van der Waals surface area contributed by atoms with E-state index in [1.807, 2.05) is 24.3 Å². The van der Waals surface area contributed by atoms with Gasteiger partial charge in [0, 0.05) is 50.2 Å². The number of nitrogens with one attached hydrogen (secondary N) is 1. The number of hydrogen-bond donors (Lipinski definition) is 1. The fourth-order valence-electron chi connectivity index (χ4n) is 3.22. The molecule has 2 amide bonds. The summed E-state index contributed by atoms with van der Waals surface area (Å²) < 4.78 is 5.34. The van der Waals surface area contributed by atoms with E-state index in [0.29, 0.717) is 26.2 Å². The summed E-state index contributed by atoms with van der Waals surface area (Å²) >= 11 is 0. The number of hydrogen-bond acceptors (Lipinski definition) is 4. The Hall–Kier alpha value is -2.83. The van der Waals surface area contributed by atoms with Crippen LogP contribution >= 0.6 is 0 Å².